The molecule has 0 aliphatic heterocycles. The van der Waals surface area contributed by atoms with E-state index in [9.17, 15) is 4.79 Å². The van der Waals surface area contributed by atoms with E-state index in [1.807, 2.05) is 60.8 Å². The summed E-state index contributed by atoms with van der Waals surface area (Å²) in [5.41, 5.74) is 7.30. The summed E-state index contributed by atoms with van der Waals surface area (Å²) in [6.07, 6.45) is 3.65. The summed E-state index contributed by atoms with van der Waals surface area (Å²) < 4.78 is 2.22. The van der Waals surface area contributed by atoms with Gasteiger partial charge >= 0.3 is 0 Å². The third-order valence-corrected chi connectivity index (χ3v) is 7.03. The van der Waals surface area contributed by atoms with E-state index in [0.717, 1.165) is 39.6 Å². The Kier molecular flexibility index (Phi) is 6.91. The van der Waals surface area contributed by atoms with Crippen molar-refractivity contribution >= 4 is 28.7 Å². The Morgan fingerprint density at radius 1 is 0.914 bits per heavy atom. The number of amides is 1. The van der Waals surface area contributed by atoms with Gasteiger partial charge in [0, 0.05) is 24.1 Å². The lowest BCUT2D eigenvalue weighted by molar-refractivity contribution is 0.0951. The Bertz CT molecular complexity index is 1450. The molecule has 0 saturated carbocycles. The summed E-state index contributed by atoms with van der Waals surface area (Å²) in [5.74, 6) is 0.695. The van der Waals surface area contributed by atoms with E-state index < -0.39 is 0 Å². The van der Waals surface area contributed by atoms with Crippen molar-refractivity contribution in [2.24, 2.45) is 0 Å². The molecule has 1 amide bonds. The van der Waals surface area contributed by atoms with E-state index in [-0.39, 0.29) is 5.91 Å². The molecule has 0 unspecified atom stereocenters. The number of fused-ring (bicyclic) bond motifs is 1. The lowest BCUT2D eigenvalue weighted by Gasteiger charge is -2.10. The number of hydrogen-bond acceptors (Lipinski definition) is 4. The van der Waals surface area contributed by atoms with Crippen LogP contribution in [0.15, 0.2) is 102 Å². The van der Waals surface area contributed by atoms with Gasteiger partial charge in [-0.05, 0) is 47.4 Å². The van der Waals surface area contributed by atoms with Gasteiger partial charge in [0.15, 0.2) is 5.16 Å². The van der Waals surface area contributed by atoms with Gasteiger partial charge in [-0.3, -0.25) is 9.78 Å². The molecule has 0 aliphatic carbocycles. The molecule has 174 valence electrons. The van der Waals surface area contributed by atoms with Crippen molar-refractivity contribution in [3.63, 3.8) is 0 Å². The van der Waals surface area contributed by atoms with Crippen LogP contribution in [0.4, 0.5) is 0 Å². The molecule has 5 aromatic rings. The highest BCUT2D eigenvalue weighted by atomic mass is 32.2. The number of rotatable bonds is 8. The van der Waals surface area contributed by atoms with Gasteiger partial charge in [0.05, 0.1) is 23.8 Å². The highest BCUT2D eigenvalue weighted by Crippen LogP contribution is 2.27. The van der Waals surface area contributed by atoms with Gasteiger partial charge in [-0.1, -0.05) is 78.5 Å². The molecule has 0 bridgehead atoms. The van der Waals surface area contributed by atoms with Crippen LogP contribution in [0, 0.1) is 6.92 Å². The summed E-state index contributed by atoms with van der Waals surface area (Å²) in [4.78, 5) is 21.8. The Labute approximate surface area is 209 Å². The number of carbonyl (C=O) groups excluding carboxylic acids is 1. The molecule has 5 nitrogen and oxygen atoms in total. The van der Waals surface area contributed by atoms with Crippen LogP contribution in [-0.2, 0) is 18.8 Å². The number of imidazole rings is 1. The van der Waals surface area contributed by atoms with Crippen LogP contribution in [0.5, 0.6) is 0 Å². The maximum absolute atomic E-state index is 12.6. The fraction of sp³-hybridized carbons (Fsp3) is 0.138. The van der Waals surface area contributed by atoms with E-state index in [0.29, 0.717) is 12.1 Å². The van der Waals surface area contributed by atoms with Crippen molar-refractivity contribution in [1.82, 2.24) is 19.9 Å². The quantitative estimate of drug-likeness (QED) is 0.278. The van der Waals surface area contributed by atoms with E-state index >= 15 is 0 Å². The Balaban J connectivity index is 1.26. The van der Waals surface area contributed by atoms with Crippen LogP contribution in [0.25, 0.3) is 11.0 Å². The molecule has 3 aromatic carbocycles. The number of thioether (sulfide) groups is 1. The summed E-state index contributed by atoms with van der Waals surface area (Å²) >= 11 is 1.69. The van der Waals surface area contributed by atoms with Crippen molar-refractivity contribution in [2.45, 2.75) is 30.9 Å². The van der Waals surface area contributed by atoms with Gasteiger partial charge in [0.1, 0.15) is 0 Å². The standard InChI is InChI=1S/C29H26N4OS/c1-21-7-5-6-10-25(21)17-31-28(34)24-13-11-23(12-14-24)20-35-29-32-26-15-16-30-18-27(26)33(29)19-22-8-3-2-4-9-22/h2-16,18H,17,19-20H2,1H3,(H,31,34). The smallest absolute Gasteiger partial charge is 0.251 e. The first-order chi connectivity index (χ1) is 17.2. The molecular weight excluding hydrogens is 452 g/mol. The molecule has 0 saturated heterocycles. The second-order valence-electron chi connectivity index (χ2n) is 8.43. The number of nitrogens with one attached hydrogen (secondary N) is 1. The van der Waals surface area contributed by atoms with E-state index in [1.165, 1.54) is 11.1 Å². The zero-order valence-corrected chi connectivity index (χ0v) is 20.3. The Morgan fingerprint density at radius 3 is 2.49 bits per heavy atom. The number of hydrogen-bond donors (Lipinski definition) is 1. The fourth-order valence-electron chi connectivity index (χ4n) is 3.96. The van der Waals surface area contributed by atoms with Gasteiger partial charge in [-0.2, -0.15) is 0 Å². The SMILES string of the molecule is Cc1ccccc1CNC(=O)c1ccc(CSc2nc3ccncc3n2Cc2ccccc2)cc1. The molecule has 0 spiro atoms. The van der Waals surface area contributed by atoms with Crippen LogP contribution in [0.2, 0.25) is 0 Å². The highest BCUT2D eigenvalue weighted by Gasteiger charge is 2.13. The summed E-state index contributed by atoms with van der Waals surface area (Å²) in [6, 6.07) is 28.2. The van der Waals surface area contributed by atoms with E-state index in [2.05, 4.69) is 52.1 Å². The monoisotopic (exact) mass is 478 g/mol. The van der Waals surface area contributed by atoms with Gasteiger partial charge in [0.2, 0.25) is 0 Å². The first kappa shape index (κ1) is 22.9. The predicted molar refractivity (Wildman–Crippen MR) is 141 cm³/mol. The molecule has 2 aromatic heterocycles. The summed E-state index contributed by atoms with van der Waals surface area (Å²) in [6.45, 7) is 3.32. The summed E-state index contributed by atoms with van der Waals surface area (Å²) in [7, 11) is 0. The zero-order valence-electron chi connectivity index (χ0n) is 19.5. The highest BCUT2D eigenvalue weighted by molar-refractivity contribution is 7.98. The Morgan fingerprint density at radius 2 is 1.69 bits per heavy atom. The molecule has 2 heterocycles. The zero-order chi connectivity index (χ0) is 24.0. The van der Waals surface area contributed by atoms with E-state index in [4.69, 9.17) is 4.98 Å². The molecule has 5 rings (SSSR count). The van der Waals surface area contributed by atoms with Crippen LogP contribution in [0.3, 0.4) is 0 Å². The maximum atomic E-state index is 12.6. The second kappa shape index (κ2) is 10.6. The van der Waals surface area contributed by atoms with Crippen LogP contribution in [0.1, 0.15) is 32.6 Å². The molecule has 35 heavy (non-hydrogen) atoms. The first-order valence-electron chi connectivity index (χ1n) is 11.6. The van der Waals surface area contributed by atoms with Gasteiger partial charge < -0.3 is 9.88 Å². The number of carbonyl (C=O) groups is 1. The maximum Gasteiger partial charge on any atom is 0.251 e. The minimum absolute atomic E-state index is 0.0652. The minimum Gasteiger partial charge on any atom is -0.348 e. The number of aryl methyl sites for hydroxylation is 1. The van der Waals surface area contributed by atoms with Gasteiger partial charge in [-0.15, -0.1) is 0 Å². The second-order valence-corrected chi connectivity index (χ2v) is 9.37. The molecule has 0 aliphatic rings. The third-order valence-electron chi connectivity index (χ3n) is 5.98. The van der Waals surface area contributed by atoms with Crippen molar-refractivity contribution in [3.8, 4) is 0 Å². The average molecular weight is 479 g/mol. The normalized spacial score (nSPS) is 11.0. The van der Waals surface area contributed by atoms with Crippen molar-refractivity contribution in [3.05, 3.63) is 125 Å². The van der Waals surface area contributed by atoms with Crippen LogP contribution < -0.4 is 5.32 Å². The number of pyridine rings is 1. The molecule has 6 heteroatoms. The molecular formula is C29H26N4OS. The fourth-order valence-corrected chi connectivity index (χ4v) is 4.93. The van der Waals surface area contributed by atoms with Crippen LogP contribution >= 0.6 is 11.8 Å². The molecule has 0 radical (unpaired) electrons. The third kappa shape index (κ3) is 5.44. The number of benzene rings is 3. The predicted octanol–water partition coefficient (Wildman–Crippen LogP) is 6.01. The van der Waals surface area contributed by atoms with Crippen molar-refractivity contribution in [2.75, 3.05) is 0 Å². The van der Waals surface area contributed by atoms with Gasteiger partial charge in [0.25, 0.3) is 5.91 Å². The van der Waals surface area contributed by atoms with Crippen LogP contribution in [-0.4, -0.2) is 20.4 Å². The number of nitrogens with zero attached hydrogens (tertiary/aromatic N) is 3. The topological polar surface area (TPSA) is 59.8 Å². The summed E-state index contributed by atoms with van der Waals surface area (Å²) in [5, 5.41) is 3.97. The average Bonchev–Trinajstić information content (AvgIpc) is 3.25. The van der Waals surface area contributed by atoms with E-state index in [1.54, 1.807) is 18.0 Å². The van der Waals surface area contributed by atoms with Crippen molar-refractivity contribution in [1.29, 1.82) is 0 Å². The molecule has 0 fully saturated rings. The Hall–Kier alpha value is -3.90. The largest absolute Gasteiger partial charge is 0.348 e. The first-order valence-corrected chi connectivity index (χ1v) is 12.5. The van der Waals surface area contributed by atoms with Crippen molar-refractivity contribution < 1.29 is 4.79 Å². The lowest BCUT2D eigenvalue weighted by Crippen LogP contribution is -2.23. The number of aromatic nitrogens is 3. The minimum atomic E-state index is -0.0652. The molecule has 0 atom stereocenters. The molecule has 1 N–H and O–H groups in total. The van der Waals surface area contributed by atoms with Gasteiger partial charge in [-0.25, -0.2) is 4.98 Å². The lowest BCUT2D eigenvalue weighted by atomic mass is 10.1.